The van der Waals surface area contributed by atoms with Crippen molar-refractivity contribution >= 4 is 22.1 Å². The second-order valence-corrected chi connectivity index (χ2v) is 6.91. The number of rotatable bonds is 8. The van der Waals surface area contributed by atoms with Gasteiger partial charge in [0.05, 0.1) is 19.6 Å². The average Bonchev–Trinajstić information content (AvgIpc) is 2.28. The van der Waals surface area contributed by atoms with Crippen LogP contribution in [0.5, 0.6) is 0 Å². The summed E-state index contributed by atoms with van der Waals surface area (Å²) in [5.41, 5.74) is 0. The van der Waals surface area contributed by atoms with E-state index in [1.54, 1.807) is 13.8 Å². The molecular weight excluding hydrogens is 327 g/mol. The van der Waals surface area contributed by atoms with Gasteiger partial charge in [-0.3, -0.25) is 14.1 Å². The summed E-state index contributed by atoms with van der Waals surface area (Å²) >= 11 is 0. The van der Waals surface area contributed by atoms with Crippen LogP contribution in [0.1, 0.15) is 35.5 Å². The molecule has 0 radical (unpaired) electrons. The van der Waals surface area contributed by atoms with Crippen molar-refractivity contribution in [1.82, 2.24) is 0 Å². The number of hydrogen-bond acceptors (Lipinski definition) is 6. The molecule has 0 aliphatic heterocycles. The third-order valence-corrected chi connectivity index (χ3v) is 3.19. The van der Waals surface area contributed by atoms with E-state index in [2.05, 4.69) is 0 Å². The van der Waals surface area contributed by atoms with Gasteiger partial charge in [-0.1, -0.05) is 27.7 Å². The number of carbonyl (C=O) groups is 2. The topological polar surface area (TPSA) is 107 Å². The van der Waals surface area contributed by atoms with Crippen molar-refractivity contribution < 1.29 is 84.8 Å². The summed E-state index contributed by atoms with van der Waals surface area (Å²) in [5, 5.41) is -1.94. The molecule has 0 amide bonds. The first-order chi connectivity index (χ1) is 9.04. The van der Waals surface area contributed by atoms with Crippen LogP contribution in [0.25, 0.3) is 0 Å². The fourth-order valence-corrected chi connectivity index (χ4v) is 1.78. The molecule has 1 N–H and O–H groups in total. The zero-order valence-corrected chi connectivity index (χ0v) is 17.1. The molecule has 0 rings (SSSR count). The van der Waals surface area contributed by atoms with Gasteiger partial charge in [-0.2, -0.15) is 8.42 Å². The summed E-state index contributed by atoms with van der Waals surface area (Å²) in [6.45, 7) is 7.28. The van der Waals surface area contributed by atoms with Crippen molar-refractivity contribution in [2.24, 2.45) is 11.8 Å². The van der Waals surface area contributed by atoms with Gasteiger partial charge >= 0.3 is 63.3 Å². The van der Waals surface area contributed by atoms with E-state index in [1.807, 2.05) is 13.8 Å². The van der Waals surface area contributed by atoms with Gasteiger partial charge in [0.15, 0.2) is 5.25 Å². The minimum Gasteiger partial charge on any atom is -1.00 e. The Kier molecular flexibility index (Phi) is 12.5. The van der Waals surface area contributed by atoms with Gasteiger partial charge < -0.3 is 10.9 Å². The van der Waals surface area contributed by atoms with Gasteiger partial charge in [0.2, 0.25) is 0 Å². The minimum absolute atomic E-state index is 0. The van der Waals surface area contributed by atoms with E-state index < -0.39 is 33.7 Å². The van der Waals surface area contributed by atoms with Crippen molar-refractivity contribution in [2.75, 3.05) is 13.2 Å². The molecule has 0 bridgehead atoms. The Labute approximate surface area is 169 Å². The molecule has 1 atom stereocenters. The van der Waals surface area contributed by atoms with Crippen molar-refractivity contribution in [2.45, 2.75) is 39.4 Å². The number of esters is 2. The molecule has 0 heterocycles. The third kappa shape index (κ3) is 11.7. The molecule has 0 saturated carbocycles. The summed E-state index contributed by atoms with van der Waals surface area (Å²) in [5.74, 6) is -1.93. The zero-order chi connectivity index (χ0) is 15.9. The molecular formula is C12H23KO7S. The molecule has 7 nitrogen and oxygen atoms in total. The van der Waals surface area contributed by atoms with Gasteiger partial charge in [0.1, 0.15) is 0 Å². The standard InChI is InChI=1S/C12H22O7S.K.H/c1-8(2)6-18-11(13)5-10(20(15,16)17)12(14)19-7-9(3)4;;/h8-10H,5-7H2,1-4H3,(H,15,16,17);;/q;+1;-1. The molecule has 0 aromatic rings. The Bertz CT molecular complexity index is 437. The van der Waals surface area contributed by atoms with E-state index in [0.29, 0.717) is 0 Å². The maximum Gasteiger partial charge on any atom is 1.00 e. The maximum atomic E-state index is 11.6. The maximum absolute atomic E-state index is 11.6. The van der Waals surface area contributed by atoms with E-state index >= 15 is 0 Å². The first-order valence-electron chi connectivity index (χ1n) is 6.32. The first kappa shape index (κ1) is 23.7. The summed E-state index contributed by atoms with van der Waals surface area (Å²) in [7, 11) is -4.72. The summed E-state index contributed by atoms with van der Waals surface area (Å²) in [6, 6.07) is 0. The van der Waals surface area contributed by atoms with Gasteiger partial charge in [-0.25, -0.2) is 0 Å². The van der Waals surface area contributed by atoms with E-state index in [4.69, 9.17) is 14.0 Å². The van der Waals surface area contributed by atoms with Crippen LogP contribution < -0.4 is 51.4 Å². The fraction of sp³-hybridized carbons (Fsp3) is 0.833. The first-order valence-corrected chi connectivity index (χ1v) is 7.83. The van der Waals surface area contributed by atoms with Crippen LogP contribution in [-0.2, 0) is 29.2 Å². The Morgan fingerprint density at radius 1 is 1.05 bits per heavy atom. The largest absolute Gasteiger partial charge is 1.00 e. The van der Waals surface area contributed by atoms with Crippen LogP contribution in [0.3, 0.4) is 0 Å². The van der Waals surface area contributed by atoms with Crippen molar-refractivity contribution in [3.63, 3.8) is 0 Å². The second-order valence-electron chi connectivity index (χ2n) is 5.31. The molecule has 9 heteroatoms. The Hall–Kier alpha value is 0.486. The summed E-state index contributed by atoms with van der Waals surface area (Å²) < 4.78 is 40.8. The van der Waals surface area contributed by atoms with E-state index in [0.717, 1.165) is 0 Å². The quantitative estimate of drug-likeness (QED) is 0.311. The van der Waals surface area contributed by atoms with Crippen LogP contribution in [-0.4, -0.2) is 43.4 Å². The van der Waals surface area contributed by atoms with Crippen LogP contribution in [0.4, 0.5) is 0 Å². The summed E-state index contributed by atoms with van der Waals surface area (Å²) in [4.78, 5) is 23.0. The Morgan fingerprint density at radius 2 is 1.48 bits per heavy atom. The van der Waals surface area contributed by atoms with Gasteiger partial charge in [0, 0.05) is 0 Å². The van der Waals surface area contributed by atoms with Crippen molar-refractivity contribution in [1.29, 1.82) is 0 Å². The summed E-state index contributed by atoms with van der Waals surface area (Å²) in [6.07, 6.45) is -0.761. The molecule has 0 spiro atoms. The smallest absolute Gasteiger partial charge is 1.00 e. The monoisotopic (exact) mass is 350 g/mol. The van der Waals surface area contributed by atoms with Gasteiger partial charge in [-0.15, -0.1) is 0 Å². The van der Waals surface area contributed by atoms with E-state index in [1.165, 1.54) is 0 Å². The van der Waals surface area contributed by atoms with Crippen LogP contribution in [0, 0.1) is 11.8 Å². The molecule has 0 fully saturated rings. The number of hydrogen-bond donors (Lipinski definition) is 1. The average molecular weight is 350 g/mol. The molecule has 0 aliphatic carbocycles. The number of carbonyl (C=O) groups excluding carboxylic acids is 2. The normalized spacial score (nSPS) is 12.7. The SMILES string of the molecule is CC(C)COC(=O)CC(C(=O)OCC(C)C)S(=O)(=O)O.[H-].[K+]. The molecule has 0 saturated heterocycles. The van der Waals surface area contributed by atoms with Crippen molar-refractivity contribution in [3.8, 4) is 0 Å². The van der Waals surface area contributed by atoms with Crippen LogP contribution >= 0.6 is 0 Å². The van der Waals surface area contributed by atoms with E-state index in [-0.39, 0.29) is 77.9 Å². The zero-order valence-electron chi connectivity index (χ0n) is 14.2. The van der Waals surface area contributed by atoms with E-state index in [9.17, 15) is 18.0 Å². The Balaban J connectivity index is -0.00000180. The third-order valence-electron chi connectivity index (χ3n) is 2.11. The fourth-order valence-electron chi connectivity index (χ4n) is 1.12. The molecule has 21 heavy (non-hydrogen) atoms. The Morgan fingerprint density at radius 3 is 1.86 bits per heavy atom. The minimum atomic E-state index is -4.72. The predicted molar refractivity (Wildman–Crippen MR) is 72.7 cm³/mol. The predicted octanol–water partition coefficient (Wildman–Crippen LogP) is -1.85. The van der Waals surface area contributed by atoms with Crippen molar-refractivity contribution in [3.05, 3.63) is 0 Å². The van der Waals surface area contributed by atoms with Gasteiger partial charge in [-0.05, 0) is 11.8 Å². The van der Waals surface area contributed by atoms with Crippen LogP contribution in [0.15, 0.2) is 0 Å². The molecule has 1 unspecified atom stereocenters. The van der Waals surface area contributed by atoms with Crippen LogP contribution in [0.2, 0.25) is 0 Å². The second kappa shape index (κ2) is 11.1. The number of ether oxygens (including phenoxy) is 2. The molecule has 0 aromatic carbocycles. The molecule has 120 valence electrons. The molecule has 0 aromatic heterocycles. The molecule has 0 aliphatic rings. The van der Waals surface area contributed by atoms with Gasteiger partial charge in [0.25, 0.3) is 10.1 Å².